The molecule has 1 aliphatic heterocycles. The van der Waals surface area contributed by atoms with Gasteiger partial charge in [-0.3, -0.25) is 0 Å². The minimum absolute atomic E-state index is 0.107. The fourth-order valence-corrected chi connectivity index (χ4v) is 2.84. The Morgan fingerprint density at radius 3 is 2.52 bits per heavy atom. The maximum absolute atomic E-state index is 12.6. The fraction of sp³-hybridized carbons (Fsp3) is 0.263. The number of carbonyl (C=O) groups excluding carboxylic acids is 1. The smallest absolute Gasteiger partial charge is 0.335 e. The lowest BCUT2D eigenvalue weighted by Gasteiger charge is -2.35. The van der Waals surface area contributed by atoms with E-state index < -0.39 is 5.97 Å². The summed E-state index contributed by atoms with van der Waals surface area (Å²) in [4.78, 5) is 25.2. The summed E-state index contributed by atoms with van der Waals surface area (Å²) in [7, 11) is 0. The van der Waals surface area contributed by atoms with Gasteiger partial charge in [0.1, 0.15) is 0 Å². The maximum Gasteiger partial charge on any atom is 0.335 e. The number of amides is 2. The SMILES string of the molecule is O=C(O)c1ccc(CNC(=O)N2CCOCC2c2ccccc2)cc1. The lowest BCUT2D eigenvalue weighted by atomic mass is 10.1. The van der Waals surface area contributed by atoms with E-state index in [1.165, 1.54) is 12.1 Å². The Labute approximate surface area is 146 Å². The molecule has 130 valence electrons. The normalized spacial score (nSPS) is 17.1. The van der Waals surface area contributed by atoms with Gasteiger partial charge in [-0.25, -0.2) is 9.59 Å². The summed E-state index contributed by atoms with van der Waals surface area (Å²) in [6, 6.07) is 16.0. The highest BCUT2D eigenvalue weighted by molar-refractivity contribution is 5.87. The Kier molecular flexibility index (Phi) is 5.30. The molecular formula is C19H20N2O4. The lowest BCUT2D eigenvalue weighted by molar-refractivity contribution is 0.0116. The van der Waals surface area contributed by atoms with Crippen molar-refractivity contribution in [3.05, 3.63) is 71.3 Å². The molecule has 6 nitrogen and oxygen atoms in total. The first-order valence-corrected chi connectivity index (χ1v) is 8.14. The van der Waals surface area contributed by atoms with Crippen LogP contribution in [0.5, 0.6) is 0 Å². The van der Waals surface area contributed by atoms with Crippen molar-refractivity contribution in [1.82, 2.24) is 10.2 Å². The van der Waals surface area contributed by atoms with Crippen molar-refractivity contribution in [1.29, 1.82) is 0 Å². The van der Waals surface area contributed by atoms with Gasteiger partial charge in [0.2, 0.25) is 0 Å². The van der Waals surface area contributed by atoms with Crippen LogP contribution in [0, 0.1) is 0 Å². The van der Waals surface area contributed by atoms with Gasteiger partial charge in [0.15, 0.2) is 0 Å². The molecule has 1 saturated heterocycles. The number of nitrogens with zero attached hydrogens (tertiary/aromatic N) is 1. The minimum Gasteiger partial charge on any atom is -0.478 e. The van der Waals surface area contributed by atoms with Crippen molar-refractivity contribution in [2.75, 3.05) is 19.8 Å². The predicted molar refractivity (Wildman–Crippen MR) is 92.3 cm³/mol. The lowest BCUT2D eigenvalue weighted by Crippen LogP contribution is -2.47. The van der Waals surface area contributed by atoms with Gasteiger partial charge in [-0.15, -0.1) is 0 Å². The summed E-state index contributed by atoms with van der Waals surface area (Å²) >= 11 is 0. The van der Waals surface area contributed by atoms with Gasteiger partial charge >= 0.3 is 12.0 Å². The van der Waals surface area contributed by atoms with Gasteiger partial charge in [-0.1, -0.05) is 42.5 Å². The van der Waals surface area contributed by atoms with Crippen LogP contribution in [0.25, 0.3) is 0 Å². The number of carboxylic acid groups (broad SMARTS) is 1. The quantitative estimate of drug-likeness (QED) is 0.897. The molecule has 1 heterocycles. The minimum atomic E-state index is -0.963. The molecule has 2 aromatic carbocycles. The average Bonchev–Trinajstić information content (AvgIpc) is 2.67. The largest absolute Gasteiger partial charge is 0.478 e. The van der Waals surface area contributed by atoms with Crippen molar-refractivity contribution in [2.24, 2.45) is 0 Å². The second kappa shape index (κ2) is 7.81. The number of aromatic carboxylic acids is 1. The maximum atomic E-state index is 12.6. The number of nitrogens with one attached hydrogen (secondary N) is 1. The molecule has 0 bridgehead atoms. The number of urea groups is 1. The van der Waals surface area contributed by atoms with Crippen LogP contribution in [0.15, 0.2) is 54.6 Å². The molecular weight excluding hydrogens is 320 g/mol. The zero-order valence-corrected chi connectivity index (χ0v) is 13.7. The Morgan fingerprint density at radius 1 is 1.12 bits per heavy atom. The van der Waals surface area contributed by atoms with Crippen molar-refractivity contribution < 1.29 is 19.4 Å². The van der Waals surface area contributed by atoms with Crippen LogP contribution in [0.4, 0.5) is 4.79 Å². The van der Waals surface area contributed by atoms with E-state index >= 15 is 0 Å². The summed E-state index contributed by atoms with van der Waals surface area (Å²) in [5, 5.41) is 11.8. The molecule has 25 heavy (non-hydrogen) atoms. The summed E-state index contributed by atoms with van der Waals surface area (Å²) in [5.74, 6) is -0.963. The van der Waals surface area contributed by atoms with Crippen LogP contribution < -0.4 is 5.32 Å². The average molecular weight is 340 g/mol. The van der Waals surface area contributed by atoms with Crippen molar-refractivity contribution >= 4 is 12.0 Å². The Bertz CT molecular complexity index is 731. The molecule has 0 aromatic heterocycles. The number of ether oxygens (including phenoxy) is 1. The van der Waals surface area contributed by atoms with Crippen LogP contribution in [0.1, 0.15) is 27.5 Å². The molecule has 1 unspecified atom stereocenters. The number of rotatable bonds is 4. The topological polar surface area (TPSA) is 78.9 Å². The summed E-state index contributed by atoms with van der Waals surface area (Å²) in [6.45, 7) is 1.87. The Hall–Kier alpha value is -2.86. The van der Waals surface area contributed by atoms with Gasteiger partial charge in [0, 0.05) is 13.1 Å². The van der Waals surface area contributed by atoms with Gasteiger partial charge in [-0.05, 0) is 23.3 Å². The third-order valence-corrected chi connectivity index (χ3v) is 4.22. The van der Waals surface area contributed by atoms with Gasteiger partial charge in [0.05, 0.1) is 24.8 Å². The van der Waals surface area contributed by atoms with Crippen LogP contribution in [0.3, 0.4) is 0 Å². The van der Waals surface area contributed by atoms with Crippen molar-refractivity contribution in [3.63, 3.8) is 0 Å². The van der Waals surface area contributed by atoms with E-state index in [0.717, 1.165) is 11.1 Å². The van der Waals surface area contributed by atoms with Crippen LogP contribution in [-0.2, 0) is 11.3 Å². The molecule has 1 fully saturated rings. The predicted octanol–water partition coefficient (Wildman–Crippen LogP) is 2.67. The van der Waals surface area contributed by atoms with Crippen LogP contribution in [0.2, 0.25) is 0 Å². The van der Waals surface area contributed by atoms with Crippen molar-refractivity contribution in [3.8, 4) is 0 Å². The standard InChI is InChI=1S/C19H20N2O4/c22-18(23)16-8-6-14(7-9-16)12-20-19(24)21-10-11-25-13-17(21)15-4-2-1-3-5-15/h1-9,17H,10-13H2,(H,20,24)(H,22,23). The number of carbonyl (C=O) groups is 2. The van der Waals surface area contributed by atoms with E-state index in [2.05, 4.69) is 5.32 Å². The molecule has 1 aliphatic rings. The summed E-state index contributed by atoms with van der Waals surface area (Å²) < 4.78 is 5.54. The molecule has 0 aliphatic carbocycles. The molecule has 2 aromatic rings. The highest BCUT2D eigenvalue weighted by Crippen LogP contribution is 2.24. The number of benzene rings is 2. The van der Waals surface area contributed by atoms with Gasteiger partial charge in [0.25, 0.3) is 0 Å². The molecule has 2 amide bonds. The summed E-state index contributed by atoms with van der Waals surface area (Å²) in [6.07, 6.45) is 0. The third-order valence-electron chi connectivity index (χ3n) is 4.22. The second-order valence-electron chi connectivity index (χ2n) is 5.86. The highest BCUT2D eigenvalue weighted by Gasteiger charge is 2.28. The molecule has 0 saturated carbocycles. The molecule has 3 rings (SSSR count). The van der Waals surface area contributed by atoms with Crippen molar-refractivity contribution in [2.45, 2.75) is 12.6 Å². The van der Waals surface area contributed by atoms with Gasteiger partial charge < -0.3 is 20.1 Å². The number of morpholine rings is 1. The third kappa shape index (κ3) is 4.16. The number of hydrogen-bond acceptors (Lipinski definition) is 3. The van der Waals surface area contributed by atoms with Crippen LogP contribution in [-0.4, -0.2) is 41.8 Å². The van der Waals surface area contributed by atoms with Gasteiger partial charge in [-0.2, -0.15) is 0 Å². The van der Waals surface area contributed by atoms with E-state index in [9.17, 15) is 9.59 Å². The Balaban J connectivity index is 1.63. The molecule has 6 heteroatoms. The first-order valence-electron chi connectivity index (χ1n) is 8.14. The molecule has 0 radical (unpaired) electrons. The first kappa shape index (κ1) is 17.0. The molecule has 0 spiro atoms. The van der Waals surface area contributed by atoms with E-state index in [1.54, 1.807) is 17.0 Å². The zero-order chi connectivity index (χ0) is 17.6. The van der Waals surface area contributed by atoms with E-state index in [0.29, 0.717) is 26.3 Å². The summed E-state index contributed by atoms with van der Waals surface area (Å²) in [5.41, 5.74) is 2.12. The van der Waals surface area contributed by atoms with Crippen LogP contribution >= 0.6 is 0 Å². The number of hydrogen-bond donors (Lipinski definition) is 2. The monoisotopic (exact) mass is 340 g/mol. The zero-order valence-electron chi connectivity index (χ0n) is 13.7. The second-order valence-corrected chi connectivity index (χ2v) is 5.86. The first-order chi connectivity index (χ1) is 12.1. The number of carboxylic acids is 1. The Morgan fingerprint density at radius 2 is 1.84 bits per heavy atom. The molecule has 1 atom stereocenters. The fourth-order valence-electron chi connectivity index (χ4n) is 2.84. The molecule has 2 N–H and O–H groups in total. The van der Waals surface area contributed by atoms with E-state index in [4.69, 9.17) is 9.84 Å². The highest BCUT2D eigenvalue weighted by atomic mass is 16.5. The van der Waals surface area contributed by atoms with E-state index in [1.807, 2.05) is 30.3 Å². The van der Waals surface area contributed by atoms with E-state index in [-0.39, 0.29) is 17.6 Å².